The maximum absolute atomic E-state index is 11.8. The summed E-state index contributed by atoms with van der Waals surface area (Å²) in [6, 6.07) is 9.95. The van der Waals surface area contributed by atoms with Crippen LogP contribution in [0.5, 0.6) is 0 Å². The zero-order valence-electron chi connectivity index (χ0n) is 11.8. The van der Waals surface area contributed by atoms with E-state index in [1.54, 1.807) is 0 Å². The Hall–Kier alpha value is -1.00. The van der Waals surface area contributed by atoms with Gasteiger partial charge in [-0.2, -0.15) is 0 Å². The number of carbonyl (C=O) groups is 1. The van der Waals surface area contributed by atoms with Gasteiger partial charge in [-0.3, -0.25) is 4.79 Å². The fourth-order valence-corrected chi connectivity index (χ4v) is 3.35. The summed E-state index contributed by atoms with van der Waals surface area (Å²) >= 11 is 1.49. The van der Waals surface area contributed by atoms with Crippen LogP contribution in [0.25, 0.3) is 0 Å². The molecule has 1 aromatic carbocycles. The zero-order valence-corrected chi connectivity index (χ0v) is 12.6. The molecule has 0 heterocycles. The highest BCUT2D eigenvalue weighted by Gasteiger charge is 2.16. The topological polar surface area (TPSA) is 49.3 Å². The number of carbonyl (C=O) groups excluding carboxylic acids is 1. The summed E-state index contributed by atoms with van der Waals surface area (Å²) in [5.74, 6) is 1.09. The Bertz CT molecular complexity index is 404. The van der Waals surface area contributed by atoms with Crippen LogP contribution < -0.4 is 5.32 Å². The van der Waals surface area contributed by atoms with Gasteiger partial charge in [0.15, 0.2) is 0 Å². The van der Waals surface area contributed by atoms with Crippen LogP contribution in [0.1, 0.15) is 43.8 Å². The highest BCUT2D eigenvalue weighted by molar-refractivity contribution is 7.99. The van der Waals surface area contributed by atoms with Gasteiger partial charge in [-0.15, -0.1) is 11.8 Å². The SMILES string of the molecule is O=C(CSC[C@H](O)c1ccccc1)NC1CCCCC1. The summed E-state index contributed by atoms with van der Waals surface area (Å²) in [6.45, 7) is 0. The molecule has 1 aliphatic carbocycles. The van der Waals surface area contributed by atoms with E-state index in [1.165, 1.54) is 31.0 Å². The Morgan fingerprint density at radius 2 is 1.95 bits per heavy atom. The van der Waals surface area contributed by atoms with Crippen molar-refractivity contribution in [1.82, 2.24) is 5.32 Å². The Labute approximate surface area is 125 Å². The van der Waals surface area contributed by atoms with E-state index in [-0.39, 0.29) is 5.91 Å². The predicted octanol–water partition coefficient (Wildman–Crippen LogP) is 2.90. The smallest absolute Gasteiger partial charge is 0.230 e. The molecule has 0 saturated heterocycles. The van der Waals surface area contributed by atoms with Crippen molar-refractivity contribution in [2.75, 3.05) is 11.5 Å². The lowest BCUT2D eigenvalue weighted by Crippen LogP contribution is -2.37. The summed E-state index contributed by atoms with van der Waals surface area (Å²) in [6.07, 6.45) is 5.48. The first-order valence-electron chi connectivity index (χ1n) is 7.36. The molecule has 0 radical (unpaired) electrons. The molecule has 0 spiro atoms. The molecule has 1 fully saturated rings. The van der Waals surface area contributed by atoms with Gasteiger partial charge in [0.25, 0.3) is 0 Å². The molecule has 0 unspecified atom stereocenters. The van der Waals surface area contributed by atoms with Crippen molar-refractivity contribution in [3.8, 4) is 0 Å². The molecule has 1 aromatic rings. The second-order valence-electron chi connectivity index (χ2n) is 5.34. The van der Waals surface area contributed by atoms with Gasteiger partial charge in [0.2, 0.25) is 5.91 Å². The van der Waals surface area contributed by atoms with E-state index >= 15 is 0 Å². The first kappa shape index (κ1) is 15.4. The first-order valence-corrected chi connectivity index (χ1v) is 8.51. The third-order valence-electron chi connectivity index (χ3n) is 3.66. The van der Waals surface area contributed by atoms with Crippen LogP contribution in [0.2, 0.25) is 0 Å². The van der Waals surface area contributed by atoms with Gasteiger partial charge in [0.05, 0.1) is 11.9 Å². The van der Waals surface area contributed by atoms with Crippen LogP contribution in [-0.2, 0) is 4.79 Å². The van der Waals surface area contributed by atoms with E-state index in [9.17, 15) is 9.90 Å². The zero-order chi connectivity index (χ0) is 14.2. The number of hydrogen-bond acceptors (Lipinski definition) is 3. The maximum atomic E-state index is 11.8. The molecule has 2 N–H and O–H groups in total. The second kappa shape index (κ2) is 8.32. The molecular weight excluding hydrogens is 270 g/mol. The van der Waals surface area contributed by atoms with Crippen molar-refractivity contribution in [3.63, 3.8) is 0 Å². The van der Waals surface area contributed by atoms with E-state index in [0.717, 1.165) is 18.4 Å². The predicted molar refractivity (Wildman–Crippen MR) is 83.7 cm³/mol. The Kier molecular flexibility index (Phi) is 6.40. The molecule has 1 aliphatic rings. The van der Waals surface area contributed by atoms with Crippen molar-refractivity contribution in [3.05, 3.63) is 35.9 Å². The minimum atomic E-state index is -0.497. The molecule has 1 amide bonds. The Balaban J connectivity index is 1.63. The fraction of sp³-hybridized carbons (Fsp3) is 0.562. The van der Waals surface area contributed by atoms with Gasteiger partial charge in [-0.05, 0) is 18.4 Å². The summed E-state index contributed by atoms with van der Waals surface area (Å²) < 4.78 is 0. The van der Waals surface area contributed by atoms with Crippen molar-refractivity contribution >= 4 is 17.7 Å². The minimum Gasteiger partial charge on any atom is -0.388 e. The van der Waals surface area contributed by atoms with E-state index in [1.807, 2.05) is 30.3 Å². The molecule has 20 heavy (non-hydrogen) atoms. The number of rotatable bonds is 6. The van der Waals surface area contributed by atoms with Crippen LogP contribution in [0.4, 0.5) is 0 Å². The van der Waals surface area contributed by atoms with E-state index in [2.05, 4.69) is 5.32 Å². The highest BCUT2D eigenvalue weighted by atomic mass is 32.2. The van der Waals surface area contributed by atoms with Crippen LogP contribution in [-0.4, -0.2) is 28.6 Å². The van der Waals surface area contributed by atoms with Gasteiger partial charge < -0.3 is 10.4 Å². The lowest BCUT2D eigenvalue weighted by Gasteiger charge is -2.22. The molecule has 3 nitrogen and oxygen atoms in total. The number of hydrogen-bond donors (Lipinski definition) is 2. The van der Waals surface area contributed by atoms with Crippen LogP contribution in [0, 0.1) is 0 Å². The Morgan fingerprint density at radius 3 is 2.65 bits per heavy atom. The molecule has 0 aromatic heterocycles. The second-order valence-corrected chi connectivity index (χ2v) is 6.37. The van der Waals surface area contributed by atoms with Gasteiger partial charge in [0.1, 0.15) is 0 Å². The molecule has 110 valence electrons. The molecule has 1 saturated carbocycles. The number of nitrogens with one attached hydrogen (secondary N) is 1. The fourth-order valence-electron chi connectivity index (χ4n) is 2.55. The largest absolute Gasteiger partial charge is 0.388 e. The van der Waals surface area contributed by atoms with Gasteiger partial charge in [0, 0.05) is 11.8 Å². The normalized spacial score (nSPS) is 17.6. The Morgan fingerprint density at radius 1 is 1.25 bits per heavy atom. The average molecular weight is 293 g/mol. The summed E-state index contributed by atoms with van der Waals surface area (Å²) in [4.78, 5) is 11.8. The maximum Gasteiger partial charge on any atom is 0.230 e. The molecule has 1 atom stereocenters. The average Bonchev–Trinajstić information content (AvgIpc) is 2.49. The van der Waals surface area contributed by atoms with Crippen molar-refractivity contribution in [1.29, 1.82) is 0 Å². The first-order chi connectivity index (χ1) is 9.75. The third kappa shape index (κ3) is 5.17. The number of aliphatic hydroxyl groups is 1. The summed E-state index contributed by atoms with van der Waals surface area (Å²) in [7, 11) is 0. The van der Waals surface area contributed by atoms with Crippen LogP contribution >= 0.6 is 11.8 Å². The van der Waals surface area contributed by atoms with Crippen LogP contribution in [0.15, 0.2) is 30.3 Å². The summed E-state index contributed by atoms with van der Waals surface area (Å²) in [5, 5.41) is 13.1. The van der Waals surface area contributed by atoms with Gasteiger partial charge in [-0.1, -0.05) is 49.6 Å². The highest BCUT2D eigenvalue weighted by Crippen LogP contribution is 2.19. The number of benzene rings is 1. The minimum absolute atomic E-state index is 0.0992. The number of aliphatic hydroxyl groups excluding tert-OH is 1. The number of amides is 1. The number of thioether (sulfide) groups is 1. The standard InChI is InChI=1S/C16H23NO2S/c18-15(13-7-3-1-4-8-13)11-20-12-16(19)17-14-9-5-2-6-10-14/h1,3-4,7-8,14-15,18H,2,5-6,9-12H2,(H,17,19)/t15-/m0/s1. The summed E-state index contributed by atoms with van der Waals surface area (Å²) in [5.41, 5.74) is 0.910. The lowest BCUT2D eigenvalue weighted by atomic mass is 9.95. The van der Waals surface area contributed by atoms with Crippen LogP contribution in [0.3, 0.4) is 0 Å². The van der Waals surface area contributed by atoms with Gasteiger partial charge in [-0.25, -0.2) is 0 Å². The molecular formula is C16H23NO2S. The monoisotopic (exact) mass is 293 g/mol. The lowest BCUT2D eigenvalue weighted by molar-refractivity contribution is -0.119. The van der Waals surface area contributed by atoms with E-state index in [4.69, 9.17) is 0 Å². The molecule has 0 bridgehead atoms. The van der Waals surface area contributed by atoms with Crippen molar-refractivity contribution in [2.45, 2.75) is 44.2 Å². The van der Waals surface area contributed by atoms with E-state index in [0.29, 0.717) is 17.5 Å². The van der Waals surface area contributed by atoms with E-state index < -0.39 is 6.10 Å². The molecule has 0 aliphatic heterocycles. The van der Waals surface area contributed by atoms with Crippen molar-refractivity contribution in [2.24, 2.45) is 0 Å². The van der Waals surface area contributed by atoms with Gasteiger partial charge >= 0.3 is 0 Å². The molecule has 4 heteroatoms. The van der Waals surface area contributed by atoms with Crippen molar-refractivity contribution < 1.29 is 9.90 Å². The third-order valence-corrected chi connectivity index (χ3v) is 4.68. The molecule has 2 rings (SSSR count). The quantitative estimate of drug-likeness (QED) is 0.848.